The summed E-state index contributed by atoms with van der Waals surface area (Å²) in [4.78, 5) is 23.9. The third-order valence-electron chi connectivity index (χ3n) is 3.94. The number of carbonyl (C=O) groups excluding carboxylic acids is 1. The summed E-state index contributed by atoms with van der Waals surface area (Å²) >= 11 is 0. The van der Waals surface area contributed by atoms with Gasteiger partial charge in [-0.1, -0.05) is 6.07 Å². The number of aromatic amines is 1. The summed E-state index contributed by atoms with van der Waals surface area (Å²) in [5, 5.41) is 0.537. The van der Waals surface area contributed by atoms with Crippen LogP contribution in [-0.2, 0) is 0 Å². The van der Waals surface area contributed by atoms with Gasteiger partial charge in [-0.3, -0.25) is 9.78 Å². The van der Waals surface area contributed by atoms with Crippen LogP contribution in [-0.4, -0.2) is 20.7 Å². The molecule has 0 radical (unpaired) electrons. The van der Waals surface area contributed by atoms with Crippen molar-refractivity contribution < 1.29 is 13.6 Å². The third-order valence-corrected chi connectivity index (χ3v) is 3.94. The molecule has 4 aromatic rings. The molecule has 1 aromatic carbocycles. The van der Waals surface area contributed by atoms with Crippen LogP contribution in [0.15, 0.2) is 61.2 Å². The maximum Gasteiger partial charge on any atom is 0.198 e. The number of hydrogen-bond acceptors (Lipinski definition) is 3. The Hall–Kier alpha value is -3.41. The van der Waals surface area contributed by atoms with Gasteiger partial charge in [-0.2, -0.15) is 0 Å². The zero-order valence-electron chi connectivity index (χ0n) is 12.8. The number of ketones is 1. The summed E-state index contributed by atoms with van der Waals surface area (Å²) in [6, 6.07) is 8.26. The van der Waals surface area contributed by atoms with Crippen molar-refractivity contribution in [3.8, 4) is 11.1 Å². The fourth-order valence-corrected chi connectivity index (χ4v) is 2.70. The van der Waals surface area contributed by atoms with Crippen LogP contribution in [0.2, 0.25) is 0 Å². The smallest absolute Gasteiger partial charge is 0.198 e. The average Bonchev–Trinajstić information content (AvgIpc) is 3.07. The molecular weight excluding hydrogens is 324 g/mol. The molecule has 0 bridgehead atoms. The van der Waals surface area contributed by atoms with E-state index in [9.17, 15) is 13.6 Å². The minimum atomic E-state index is -0.767. The maximum atomic E-state index is 13.9. The van der Waals surface area contributed by atoms with E-state index >= 15 is 0 Å². The van der Waals surface area contributed by atoms with Crippen LogP contribution in [0, 0.1) is 11.6 Å². The van der Waals surface area contributed by atoms with Crippen LogP contribution >= 0.6 is 0 Å². The highest BCUT2D eigenvalue weighted by molar-refractivity contribution is 6.16. The predicted molar refractivity (Wildman–Crippen MR) is 89.1 cm³/mol. The van der Waals surface area contributed by atoms with Crippen molar-refractivity contribution in [2.75, 3.05) is 0 Å². The molecule has 4 nitrogen and oxygen atoms in total. The van der Waals surface area contributed by atoms with E-state index in [2.05, 4.69) is 15.0 Å². The van der Waals surface area contributed by atoms with Gasteiger partial charge in [-0.15, -0.1) is 0 Å². The first-order valence-corrected chi connectivity index (χ1v) is 7.51. The van der Waals surface area contributed by atoms with Gasteiger partial charge in [0.15, 0.2) is 5.78 Å². The molecule has 3 aromatic heterocycles. The number of nitrogens with zero attached hydrogens (tertiary/aromatic N) is 2. The van der Waals surface area contributed by atoms with Gasteiger partial charge in [-0.25, -0.2) is 13.8 Å². The molecule has 25 heavy (non-hydrogen) atoms. The van der Waals surface area contributed by atoms with Gasteiger partial charge in [0.05, 0.1) is 5.56 Å². The molecule has 1 N–H and O–H groups in total. The van der Waals surface area contributed by atoms with E-state index in [1.54, 1.807) is 30.7 Å². The van der Waals surface area contributed by atoms with Gasteiger partial charge in [0.25, 0.3) is 0 Å². The molecule has 0 aliphatic heterocycles. The lowest BCUT2D eigenvalue weighted by atomic mass is 10.0. The number of benzene rings is 1. The molecular formula is C19H11F2N3O. The zero-order chi connectivity index (χ0) is 17.4. The van der Waals surface area contributed by atoms with Crippen LogP contribution in [0.5, 0.6) is 0 Å². The second kappa shape index (κ2) is 5.90. The molecule has 0 spiro atoms. The van der Waals surface area contributed by atoms with E-state index in [1.807, 2.05) is 6.07 Å². The molecule has 0 amide bonds. The van der Waals surface area contributed by atoms with Crippen molar-refractivity contribution in [3.63, 3.8) is 0 Å². The van der Waals surface area contributed by atoms with E-state index in [1.165, 1.54) is 6.20 Å². The van der Waals surface area contributed by atoms with Crippen molar-refractivity contribution in [2.24, 2.45) is 0 Å². The molecule has 4 rings (SSSR count). The molecule has 122 valence electrons. The second-order valence-electron chi connectivity index (χ2n) is 5.52. The van der Waals surface area contributed by atoms with Crippen LogP contribution < -0.4 is 0 Å². The Morgan fingerprint density at radius 2 is 1.88 bits per heavy atom. The minimum Gasteiger partial charge on any atom is -0.345 e. The lowest BCUT2D eigenvalue weighted by Gasteiger charge is -2.04. The van der Waals surface area contributed by atoms with Gasteiger partial charge >= 0.3 is 0 Å². The number of hydrogen-bond donors (Lipinski definition) is 1. The van der Waals surface area contributed by atoms with E-state index < -0.39 is 17.4 Å². The maximum absolute atomic E-state index is 13.9. The molecule has 3 heterocycles. The third kappa shape index (κ3) is 2.67. The Labute approximate surface area is 141 Å². The van der Waals surface area contributed by atoms with Crippen molar-refractivity contribution in [1.29, 1.82) is 0 Å². The molecule has 0 fully saturated rings. The predicted octanol–water partition coefficient (Wildman–Crippen LogP) is 4.13. The van der Waals surface area contributed by atoms with E-state index in [4.69, 9.17) is 0 Å². The Bertz CT molecular complexity index is 1090. The lowest BCUT2D eigenvalue weighted by molar-refractivity contribution is 0.103. The summed E-state index contributed by atoms with van der Waals surface area (Å²) in [6.45, 7) is 0. The van der Waals surface area contributed by atoms with Gasteiger partial charge < -0.3 is 4.98 Å². The first-order valence-electron chi connectivity index (χ1n) is 7.51. The summed E-state index contributed by atoms with van der Waals surface area (Å²) in [5.41, 5.74) is 2.03. The van der Waals surface area contributed by atoms with Crippen LogP contribution in [0.4, 0.5) is 8.78 Å². The second-order valence-corrected chi connectivity index (χ2v) is 5.52. The van der Waals surface area contributed by atoms with Crippen LogP contribution in [0.25, 0.3) is 22.2 Å². The highest BCUT2D eigenvalue weighted by Crippen LogP contribution is 2.26. The van der Waals surface area contributed by atoms with Crippen molar-refractivity contribution in [2.45, 2.75) is 0 Å². The Morgan fingerprint density at radius 3 is 2.68 bits per heavy atom. The topological polar surface area (TPSA) is 58.6 Å². The van der Waals surface area contributed by atoms with E-state index in [-0.39, 0.29) is 11.1 Å². The fourth-order valence-electron chi connectivity index (χ4n) is 2.70. The molecule has 0 atom stereocenters. The Kier molecular flexibility index (Phi) is 3.57. The van der Waals surface area contributed by atoms with Gasteiger partial charge in [0.1, 0.15) is 17.3 Å². The summed E-state index contributed by atoms with van der Waals surface area (Å²) in [7, 11) is 0. The standard InChI is InChI=1S/C19H11F2N3O/c20-13-3-4-17(21)15(7-13)18(25)16-10-24-19-14(16)6-12(9-23-19)11-2-1-5-22-8-11/h1-10H,(H,23,24). The van der Waals surface area contributed by atoms with Gasteiger partial charge in [0.2, 0.25) is 0 Å². The number of H-pyrrole nitrogens is 1. The largest absolute Gasteiger partial charge is 0.345 e. The first kappa shape index (κ1) is 15.1. The summed E-state index contributed by atoms with van der Waals surface area (Å²) in [5.74, 6) is -2.04. The van der Waals surface area contributed by atoms with Gasteiger partial charge in [-0.05, 0) is 30.3 Å². The number of carbonyl (C=O) groups is 1. The molecule has 0 aliphatic rings. The molecule has 0 saturated heterocycles. The fraction of sp³-hybridized carbons (Fsp3) is 0. The van der Waals surface area contributed by atoms with Crippen molar-refractivity contribution in [1.82, 2.24) is 15.0 Å². The first-order chi connectivity index (χ1) is 12.1. The number of rotatable bonds is 3. The monoisotopic (exact) mass is 335 g/mol. The number of fused-ring (bicyclic) bond motifs is 1. The molecule has 0 unspecified atom stereocenters. The van der Waals surface area contributed by atoms with Crippen molar-refractivity contribution in [3.05, 3.63) is 83.9 Å². The van der Waals surface area contributed by atoms with Gasteiger partial charge in [0, 0.05) is 46.9 Å². The average molecular weight is 335 g/mol. The highest BCUT2D eigenvalue weighted by Gasteiger charge is 2.19. The van der Waals surface area contributed by atoms with Crippen molar-refractivity contribution >= 4 is 16.8 Å². The number of nitrogens with one attached hydrogen (secondary N) is 1. The van der Waals surface area contributed by atoms with E-state index in [0.29, 0.717) is 11.0 Å². The molecule has 6 heteroatoms. The summed E-state index contributed by atoms with van der Waals surface area (Å²) in [6.07, 6.45) is 6.46. The Morgan fingerprint density at radius 1 is 1.00 bits per heavy atom. The van der Waals surface area contributed by atoms with E-state index in [0.717, 1.165) is 29.3 Å². The molecule has 0 saturated carbocycles. The number of halogens is 2. The summed E-state index contributed by atoms with van der Waals surface area (Å²) < 4.78 is 27.3. The SMILES string of the molecule is O=C(c1cc(F)ccc1F)c1c[nH]c2ncc(-c3cccnc3)cc12. The number of aromatic nitrogens is 3. The van der Waals surface area contributed by atoms with Crippen LogP contribution in [0.3, 0.4) is 0 Å². The molecule has 0 aliphatic carbocycles. The normalized spacial score (nSPS) is 11.0. The zero-order valence-corrected chi connectivity index (χ0v) is 12.8. The highest BCUT2D eigenvalue weighted by atomic mass is 19.1. The number of pyridine rings is 2. The quantitative estimate of drug-likeness (QED) is 0.573. The lowest BCUT2D eigenvalue weighted by Crippen LogP contribution is -2.04. The van der Waals surface area contributed by atoms with Crippen LogP contribution in [0.1, 0.15) is 15.9 Å². The minimum absolute atomic E-state index is 0.234. The Balaban J connectivity index is 1.85.